The van der Waals surface area contributed by atoms with Crippen LogP contribution in [0.3, 0.4) is 0 Å². The Morgan fingerprint density at radius 3 is 2.90 bits per heavy atom. The van der Waals surface area contributed by atoms with E-state index in [4.69, 9.17) is 9.47 Å². The molecule has 0 bridgehead atoms. The van der Waals surface area contributed by atoms with E-state index in [1.807, 2.05) is 18.5 Å². The first-order chi connectivity index (χ1) is 10.4. The predicted octanol–water partition coefficient (Wildman–Crippen LogP) is 2.14. The minimum absolute atomic E-state index is 0.333. The van der Waals surface area contributed by atoms with Crippen LogP contribution < -0.4 is 0 Å². The van der Waals surface area contributed by atoms with Crippen molar-refractivity contribution in [2.45, 2.75) is 37.8 Å². The normalized spacial score (nSPS) is 26.3. The van der Waals surface area contributed by atoms with Gasteiger partial charge in [-0.25, -0.2) is 0 Å². The monoisotopic (exact) mass is 290 g/mol. The Morgan fingerprint density at radius 1 is 1.29 bits per heavy atom. The summed E-state index contributed by atoms with van der Waals surface area (Å²) in [6.45, 7) is 3.79. The quantitative estimate of drug-likeness (QED) is 0.687. The highest BCUT2D eigenvalue weighted by Crippen LogP contribution is 2.33. The summed E-state index contributed by atoms with van der Waals surface area (Å²) in [5.74, 6) is 0.930. The molecule has 21 heavy (non-hydrogen) atoms. The van der Waals surface area contributed by atoms with E-state index < -0.39 is 0 Å². The van der Waals surface area contributed by atoms with Gasteiger partial charge in [-0.3, -0.25) is 9.88 Å². The predicted molar refractivity (Wildman–Crippen MR) is 82.3 cm³/mol. The molecule has 1 aliphatic heterocycles. The highest BCUT2D eigenvalue weighted by molar-refractivity contribution is 5.12. The molecular formula is C17H26N2O2. The van der Waals surface area contributed by atoms with Gasteiger partial charge >= 0.3 is 0 Å². The molecule has 1 aliphatic carbocycles. The van der Waals surface area contributed by atoms with Gasteiger partial charge in [0.2, 0.25) is 0 Å². The van der Waals surface area contributed by atoms with Crippen molar-refractivity contribution < 1.29 is 9.47 Å². The molecule has 0 N–H and O–H groups in total. The maximum atomic E-state index is 6.07. The summed E-state index contributed by atoms with van der Waals surface area (Å²) in [7, 11) is 1.73. The molecule has 0 aromatic carbocycles. The van der Waals surface area contributed by atoms with Crippen molar-refractivity contribution >= 4 is 0 Å². The lowest BCUT2D eigenvalue weighted by Crippen LogP contribution is -2.39. The maximum Gasteiger partial charge on any atom is 0.0746 e. The van der Waals surface area contributed by atoms with Gasteiger partial charge in [-0.2, -0.15) is 0 Å². The van der Waals surface area contributed by atoms with Gasteiger partial charge in [0.05, 0.1) is 19.3 Å². The van der Waals surface area contributed by atoms with Crippen LogP contribution in [0.1, 0.15) is 24.8 Å². The summed E-state index contributed by atoms with van der Waals surface area (Å²) in [4.78, 5) is 6.89. The summed E-state index contributed by atoms with van der Waals surface area (Å²) in [6.07, 6.45) is 9.15. The Bertz CT molecular complexity index is 422. The number of methoxy groups -OCH3 is 1. The molecular weight excluding hydrogens is 264 g/mol. The number of pyridine rings is 1. The molecule has 4 nitrogen and oxygen atoms in total. The first-order valence-corrected chi connectivity index (χ1v) is 8.10. The Balaban J connectivity index is 1.61. The molecule has 2 heterocycles. The summed E-state index contributed by atoms with van der Waals surface area (Å²) in [5, 5.41) is 0. The van der Waals surface area contributed by atoms with Crippen LogP contribution in [-0.4, -0.2) is 55.4 Å². The zero-order valence-corrected chi connectivity index (χ0v) is 12.9. The van der Waals surface area contributed by atoms with Crippen LogP contribution in [0.5, 0.6) is 0 Å². The molecule has 0 spiro atoms. The maximum absolute atomic E-state index is 6.07. The second-order valence-corrected chi connectivity index (χ2v) is 6.26. The lowest BCUT2D eigenvalue weighted by molar-refractivity contribution is -0.000875. The van der Waals surface area contributed by atoms with Gasteiger partial charge < -0.3 is 9.47 Å². The summed E-state index contributed by atoms with van der Waals surface area (Å²) < 4.78 is 11.2. The molecule has 1 aromatic heterocycles. The van der Waals surface area contributed by atoms with E-state index in [0.717, 1.165) is 18.8 Å². The van der Waals surface area contributed by atoms with Crippen LogP contribution >= 0.6 is 0 Å². The van der Waals surface area contributed by atoms with E-state index >= 15 is 0 Å². The number of likely N-dealkylation sites (tertiary alicyclic amines) is 1. The second-order valence-electron chi connectivity index (χ2n) is 6.26. The fourth-order valence-corrected chi connectivity index (χ4v) is 3.24. The van der Waals surface area contributed by atoms with Crippen LogP contribution in [0.25, 0.3) is 0 Å². The molecule has 0 unspecified atom stereocenters. The second kappa shape index (κ2) is 7.34. The largest absolute Gasteiger partial charge is 0.382 e. The molecule has 116 valence electrons. The molecule has 0 amide bonds. The van der Waals surface area contributed by atoms with Gasteiger partial charge in [-0.05, 0) is 43.2 Å². The van der Waals surface area contributed by atoms with Crippen molar-refractivity contribution in [1.29, 1.82) is 0 Å². The van der Waals surface area contributed by atoms with Gasteiger partial charge in [-0.1, -0.05) is 6.07 Å². The Labute approximate surface area is 127 Å². The average molecular weight is 290 g/mol. The smallest absolute Gasteiger partial charge is 0.0746 e. The van der Waals surface area contributed by atoms with Crippen LogP contribution in [0.4, 0.5) is 0 Å². The summed E-state index contributed by atoms with van der Waals surface area (Å²) in [5.41, 5.74) is 1.31. The number of hydrogen-bond donors (Lipinski definition) is 0. The van der Waals surface area contributed by atoms with Gasteiger partial charge in [-0.15, -0.1) is 0 Å². The van der Waals surface area contributed by atoms with Gasteiger partial charge in [0.15, 0.2) is 0 Å². The third kappa shape index (κ3) is 4.25. The van der Waals surface area contributed by atoms with Crippen LogP contribution in [0, 0.1) is 5.92 Å². The number of hydrogen-bond acceptors (Lipinski definition) is 4. The Hall–Kier alpha value is -0.970. The minimum Gasteiger partial charge on any atom is -0.382 e. The molecule has 2 aliphatic rings. The van der Waals surface area contributed by atoms with Crippen molar-refractivity contribution in [3.05, 3.63) is 30.1 Å². The SMILES string of the molecule is COCCO[C@@H]1CCN(CC2CC2)[C@@H]1Cc1cccnc1. The molecule has 4 heteroatoms. The fraction of sp³-hybridized carbons (Fsp3) is 0.706. The Kier molecular flexibility index (Phi) is 5.22. The zero-order chi connectivity index (χ0) is 14.5. The van der Waals surface area contributed by atoms with Crippen molar-refractivity contribution in [2.24, 2.45) is 5.92 Å². The number of rotatable bonds is 8. The molecule has 0 radical (unpaired) electrons. The van der Waals surface area contributed by atoms with E-state index in [0.29, 0.717) is 25.4 Å². The standard InChI is InChI=1S/C17H26N2O2/c1-20-9-10-21-17-6-8-19(13-14-4-5-14)16(17)11-15-3-2-7-18-12-15/h2-3,7,12,14,16-17H,4-6,8-11,13H2,1H3/t16-,17-/m1/s1. The van der Waals surface area contributed by atoms with E-state index in [1.54, 1.807) is 7.11 Å². The van der Waals surface area contributed by atoms with Crippen LogP contribution in [0.2, 0.25) is 0 Å². The lowest BCUT2D eigenvalue weighted by atomic mass is 10.0. The van der Waals surface area contributed by atoms with Crippen molar-refractivity contribution in [2.75, 3.05) is 33.4 Å². The Morgan fingerprint density at radius 2 is 2.19 bits per heavy atom. The summed E-state index contributed by atoms with van der Waals surface area (Å²) in [6, 6.07) is 4.69. The van der Waals surface area contributed by atoms with Gasteiger partial charge in [0.1, 0.15) is 0 Å². The third-order valence-corrected chi connectivity index (χ3v) is 4.58. The molecule has 2 atom stereocenters. The minimum atomic E-state index is 0.333. The molecule has 1 aromatic rings. The van der Waals surface area contributed by atoms with Crippen LogP contribution in [-0.2, 0) is 15.9 Å². The summed E-state index contributed by atoms with van der Waals surface area (Å²) >= 11 is 0. The van der Waals surface area contributed by atoms with E-state index in [9.17, 15) is 0 Å². The van der Waals surface area contributed by atoms with E-state index in [2.05, 4.69) is 16.0 Å². The average Bonchev–Trinajstić information content (AvgIpc) is 3.25. The lowest BCUT2D eigenvalue weighted by Gasteiger charge is -2.28. The number of nitrogens with zero attached hydrogens (tertiary/aromatic N) is 2. The van der Waals surface area contributed by atoms with Crippen LogP contribution in [0.15, 0.2) is 24.5 Å². The van der Waals surface area contributed by atoms with Crippen molar-refractivity contribution in [3.63, 3.8) is 0 Å². The highest BCUT2D eigenvalue weighted by atomic mass is 16.5. The van der Waals surface area contributed by atoms with Gasteiger partial charge in [0, 0.05) is 38.6 Å². The first-order valence-electron chi connectivity index (χ1n) is 8.10. The molecule has 1 saturated carbocycles. The van der Waals surface area contributed by atoms with Crippen molar-refractivity contribution in [3.8, 4) is 0 Å². The number of aromatic nitrogens is 1. The van der Waals surface area contributed by atoms with Crippen molar-refractivity contribution in [1.82, 2.24) is 9.88 Å². The first kappa shape index (κ1) is 14.9. The zero-order valence-electron chi connectivity index (χ0n) is 12.9. The van der Waals surface area contributed by atoms with E-state index in [-0.39, 0.29) is 0 Å². The molecule has 2 fully saturated rings. The van der Waals surface area contributed by atoms with E-state index in [1.165, 1.54) is 31.5 Å². The number of ether oxygens (including phenoxy) is 2. The molecule has 3 rings (SSSR count). The molecule has 1 saturated heterocycles. The fourth-order valence-electron chi connectivity index (χ4n) is 3.24. The third-order valence-electron chi connectivity index (χ3n) is 4.58. The van der Waals surface area contributed by atoms with Gasteiger partial charge in [0.25, 0.3) is 0 Å². The highest BCUT2D eigenvalue weighted by Gasteiger charge is 2.37. The topological polar surface area (TPSA) is 34.6 Å².